The van der Waals surface area contributed by atoms with Gasteiger partial charge in [0.1, 0.15) is 6.54 Å². The third-order valence-corrected chi connectivity index (χ3v) is 5.30. The first-order valence-electron chi connectivity index (χ1n) is 8.40. The molecule has 2 N–H and O–H groups in total. The van der Waals surface area contributed by atoms with E-state index < -0.39 is 5.97 Å². The lowest BCUT2D eigenvalue weighted by atomic mass is 9.78. The molecule has 1 heterocycles. The van der Waals surface area contributed by atoms with Gasteiger partial charge in [-0.15, -0.1) is 0 Å². The molecule has 1 fully saturated rings. The summed E-state index contributed by atoms with van der Waals surface area (Å²) in [7, 11) is 0. The molecular formula is C18H22N2O4. The van der Waals surface area contributed by atoms with Crippen LogP contribution in [0.3, 0.4) is 0 Å². The highest BCUT2D eigenvalue weighted by Gasteiger charge is 2.35. The summed E-state index contributed by atoms with van der Waals surface area (Å²) in [6, 6.07) is 6.94. The van der Waals surface area contributed by atoms with Gasteiger partial charge >= 0.3 is 5.97 Å². The van der Waals surface area contributed by atoms with Crippen LogP contribution in [0, 0.1) is 11.8 Å². The number of aliphatic carboxylic acids is 1. The third-order valence-electron chi connectivity index (χ3n) is 5.30. The minimum Gasteiger partial charge on any atom is -0.481 e. The highest BCUT2D eigenvalue weighted by molar-refractivity contribution is 6.08. The molecule has 0 spiro atoms. The van der Waals surface area contributed by atoms with Crippen molar-refractivity contribution in [2.75, 3.05) is 11.9 Å². The Morgan fingerprint density at radius 1 is 1.21 bits per heavy atom. The molecule has 3 rings (SSSR count). The minimum atomic E-state index is -0.736. The van der Waals surface area contributed by atoms with Crippen LogP contribution in [0.25, 0.3) is 0 Å². The number of rotatable bonds is 3. The third kappa shape index (κ3) is 3.13. The van der Waals surface area contributed by atoms with Gasteiger partial charge in [-0.05, 0) is 50.7 Å². The molecule has 0 unspecified atom stereocenters. The van der Waals surface area contributed by atoms with E-state index in [2.05, 4.69) is 5.32 Å². The lowest BCUT2D eigenvalue weighted by Crippen LogP contribution is -2.46. The van der Waals surface area contributed by atoms with Crippen LogP contribution in [-0.4, -0.2) is 40.4 Å². The molecule has 0 saturated heterocycles. The fraction of sp³-hybridized carbons (Fsp3) is 0.500. The zero-order valence-electron chi connectivity index (χ0n) is 13.7. The van der Waals surface area contributed by atoms with Crippen molar-refractivity contribution in [3.05, 3.63) is 29.8 Å². The normalized spacial score (nSPS) is 25.5. The Hall–Kier alpha value is -2.37. The number of carbonyl (C=O) groups is 3. The maximum atomic E-state index is 12.9. The molecular weight excluding hydrogens is 308 g/mol. The quantitative estimate of drug-likeness (QED) is 0.891. The Morgan fingerprint density at radius 3 is 2.54 bits per heavy atom. The van der Waals surface area contributed by atoms with E-state index >= 15 is 0 Å². The molecule has 6 nitrogen and oxygen atoms in total. The lowest BCUT2D eigenvalue weighted by Gasteiger charge is -2.36. The Balaban J connectivity index is 1.77. The topological polar surface area (TPSA) is 86.7 Å². The summed E-state index contributed by atoms with van der Waals surface area (Å²) in [5.74, 6) is -1.13. The van der Waals surface area contributed by atoms with Gasteiger partial charge in [-0.3, -0.25) is 14.4 Å². The summed E-state index contributed by atoms with van der Waals surface area (Å²) in [6.45, 7) is 2.00. The Kier molecular flexibility index (Phi) is 4.55. The second-order valence-corrected chi connectivity index (χ2v) is 6.72. The van der Waals surface area contributed by atoms with Crippen LogP contribution >= 0.6 is 0 Å². The van der Waals surface area contributed by atoms with Gasteiger partial charge in [0.15, 0.2) is 0 Å². The van der Waals surface area contributed by atoms with Crippen molar-refractivity contribution in [2.45, 2.75) is 38.6 Å². The maximum Gasteiger partial charge on any atom is 0.306 e. The van der Waals surface area contributed by atoms with E-state index in [-0.39, 0.29) is 36.2 Å². The summed E-state index contributed by atoms with van der Waals surface area (Å²) >= 11 is 0. The van der Waals surface area contributed by atoms with Crippen LogP contribution in [0.5, 0.6) is 0 Å². The molecule has 1 aromatic carbocycles. The average Bonchev–Trinajstić information content (AvgIpc) is 2.71. The Morgan fingerprint density at radius 2 is 1.88 bits per heavy atom. The van der Waals surface area contributed by atoms with E-state index in [0.717, 1.165) is 12.8 Å². The number of hydrogen-bond donors (Lipinski definition) is 2. The molecule has 128 valence electrons. The van der Waals surface area contributed by atoms with E-state index in [1.165, 1.54) is 0 Å². The van der Waals surface area contributed by atoms with Crippen molar-refractivity contribution in [2.24, 2.45) is 11.8 Å². The van der Waals surface area contributed by atoms with Gasteiger partial charge in [-0.1, -0.05) is 12.1 Å². The fourth-order valence-corrected chi connectivity index (χ4v) is 3.78. The van der Waals surface area contributed by atoms with Crippen molar-refractivity contribution in [3.8, 4) is 0 Å². The molecule has 2 amide bonds. The number of benzene rings is 1. The van der Waals surface area contributed by atoms with E-state index in [1.54, 1.807) is 29.2 Å². The number of para-hydroxylation sites is 1. The first-order valence-corrected chi connectivity index (χ1v) is 8.40. The number of anilines is 1. The molecule has 24 heavy (non-hydrogen) atoms. The van der Waals surface area contributed by atoms with E-state index in [0.29, 0.717) is 24.1 Å². The Labute approximate surface area is 140 Å². The molecule has 1 atom stereocenters. The zero-order valence-corrected chi connectivity index (χ0v) is 13.7. The smallest absolute Gasteiger partial charge is 0.306 e. The van der Waals surface area contributed by atoms with E-state index in [4.69, 9.17) is 5.11 Å². The number of carboxylic acid groups (broad SMARTS) is 1. The maximum absolute atomic E-state index is 12.9. The van der Waals surface area contributed by atoms with Gasteiger partial charge in [0.2, 0.25) is 5.91 Å². The van der Waals surface area contributed by atoms with Gasteiger partial charge in [0.25, 0.3) is 5.91 Å². The monoisotopic (exact) mass is 330 g/mol. The van der Waals surface area contributed by atoms with Gasteiger partial charge in [0, 0.05) is 6.04 Å². The van der Waals surface area contributed by atoms with Crippen LogP contribution in [0.1, 0.15) is 43.0 Å². The number of carbonyl (C=O) groups excluding carboxylic acids is 2. The van der Waals surface area contributed by atoms with Crippen molar-refractivity contribution >= 4 is 23.5 Å². The van der Waals surface area contributed by atoms with Gasteiger partial charge in [-0.2, -0.15) is 0 Å². The average molecular weight is 330 g/mol. The van der Waals surface area contributed by atoms with Crippen LogP contribution < -0.4 is 5.32 Å². The summed E-state index contributed by atoms with van der Waals surface area (Å²) in [6.07, 6.45) is 2.81. The Bertz CT molecular complexity index is 665. The van der Waals surface area contributed by atoms with E-state index in [1.807, 2.05) is 6.92 Å². The number of nitrogens with one attached hydrogen (secondary N) is 1. The predicted molar refractivity (Wildman–Crippen MR) is 88.7 cm³/mol. The fourth-order valence-electron chi connectivity index (χ4n) is 3.78. The summed E-state index contributed by atoms with van der Waals surface area (Å²) in [5, 5.41) is 11.9. The van der Waals surface area contributed by atoms with Gasteiger partial charge in [0.05, 0.1) is 17.2 Å². The molecule has 1 aromatic rings. The highest BCUT2D eigenvalue weighted by Crippen LogP contribution is 2.34. The van der Waals surface area contributed by atoms with Crippen LogP contribution in [0.15, 0.2) is 24.3 Å². The number of fused-ring (bicyclic) bond motifs is 1. The van der Waals surface area contributed by atoms with Crippen molar-refractivity contribution in [1.82, 2.24) is 4.90 Å². The highest BCUT2D eigenvalue weighted by atomic mass is 16.4. The molecule has 1 aliphatic heterocycles. The second kappa shape index (κ2) is 6.63. The van der Waals surface area contributed by atoms with Crippen molar-refractivity contribution < 1.29 is 19.5 Å². The minimum absolute atomic E-state index is 0.0353. The molecule has 0 radical (unpaired) electrons. The summed E-state index contributed by atoms with van der Waals surface area (Å²) in [5.41, 5.74) is 1.06. The molecule has 1 saturated carbocycles. The molecule has 0 bridgehead atoms. The number of amides is 2. The standard InChI is InChI=1S/C18H22N2O4/c1-11(12-6-8-13(9-7-12)18(23)24)20-10-16(21)19-15-5-3-2-4-14(15)17(20)22/h2-5,11-13H,6-10H2,1H3,(H,19,21)(H,23,24)/t11-,12?,13?/m0/s1. The van der Waals surface area contributed by atoms with Gasteiger partial charge < -0.3 is 15.3 Å². The molecule has 1 aliphatic carbocycles. The summed E-state index contributed by atoms with van der Waals surface area (Å²) in [4.78, 5) is 37.8. The number of hydrogen-bond acceptors (Lipinski definition) is 3. The van der Waals surface area contributed by atoms with Crippen LogP contribution in [0.4, 0.5) is 5.69 Å². The van der Waals surface area contributed by atoms with Crippen LogP contribution in [0.2, 0.25) is 0 Å². The lowest BCUT2D eigenvalue weighted by molar-refractivity contribution is -0.143. The first kappa shape index (κ1) is 16.5. The molecule has 2 aliphatic rings. The molecule has 6 heteroatoms. The van der Waals surface area contributed by atoms with Crippen molar-refractivity contribution in [1.29, 1.82) is 0 Å². The predicted octanol–water partition coefficient (Wildman–Crippen LogP) is 2.36. The molecule has 0 aromatic heterocycles. The second-order valence-electron chi connectivity index (χ2n) is 6.72. The zero-order chi connectivity index (χ0) is 17.3. The largest absolute Gasteiger partial charge is 0.481 e. The first-order chi connectivity index (χ1) is 11.5. The van der Waals surface area contributed by atoms with Crippen molar-refractivity contribution in [3.63, 3.8) is 0 Å². The van der Waals surface area contributed by atoms with Gasteiger partial charge in [-0.25, -0.2) is 0 Å². The SMILES string of the molecule is C[C@@H](C1CCC(C(=O)O)CC1)N1CC(=O)Nc2ccccc2C1=O. The number of nitrogens with zero attached hydrogens (tertiary/aromatic N) is 1. The summed E-state index contributed by atoms with van der Waals surface area (Å²) < 4.78 is 0. The number of carboxylic acids is 1. The van der Waals surface area contributed by atoms with Crippen LogP contribution in [-0.2, 0) is 9.59 Å². The van der Waals surface area contributed by atoms with E-state index in [9.17, 15) is 14.4 Å².